The van der Waals surface area contributed by atoms with Gasteiger partial charge in [0.2, 0.25) is 0 Å². The zero-order chi connectivity index (χ0) is 19.6. The van der Waals surface area contributed by atoms with Crippen molar-refractivity contribution in [2.45, 2.75) is 12.8 Å². The molecule has 1 fully saturated rings. The molecule has 0 radical (unpaired) electrons. The maximum absolute atomic E-state index is 9.57. The molecule has 7 nitrogen and oxygen atoms in total. The van der Waals surface area contributed by atoms with Crippen molar-refractivity contribution in [3.05, 3.63) is 60.3 Å². The molecule has 0 atom stereocenters. The van der Waals surface area contributed by atoms with Crippen molar-refractivity contribution in [3.8, 4) is 17.2 Å². The standard InChI is InChI=1S/C22H22N4O3.ClH/c27-24-19-14-22(20-12-16-4-3-9-26(16)15-23-20)29-21-6-5-17(13-18(19)21)28-11-10-25-7-1-2-8-25;/h3-6,9,12-15,27H,1-2,7-8,10-11H2;1H. The van der Waals surface area contributed by atoms with Gasteiger partial charge in [-0.1, -0.05) is 5.16 Å². The lowest BCUT2D eigenvalue weighted by molar-refractivity contribution is 0.238. The number of likely N-dealkylation sites (tertiary alicyclic amines) is 1. The van der Waals surface area contributed by atoms with Crippen LogP contribution in [0.5, 0.6) is 5.75 Å². The van der Waals surface area contributed by atoms with Gasteiger partial charge in [-0.05, 0) is 62.3 Å². The molecule has 8 heteroatoms. The Morgan fingerprint density at radius 2 is 2.00 bits per heavy atom. The molecule has 0 bridgehead atoms. The highest BCUT2D eigenvalue weighted by atomic mass is 35.5. The van der Waals surface area contributed by atoms with Gasteiger partial charge < -0.3 is 18.8 Å². The second-order valence-corrected chi connectivity index (χ2v) is 7.27. The summed E-state index contributed by atoms with van der Waals surface area (Å²) in [5.41, 5.74) is 2.29. The van der Waals surface area contributed by atoms with E-state index in [-0.39, 0.29) is 12.4 Å². The molecule has 1 aliphatic heterocycles. The summed E-state index contributed by atoms with van der Waals surface area (Å²) in [5.74, 6) is 1.27. The minimum atomic E-state index is 0. The monoisotopic (exact) mass is 426 g/mol. The van der Waals surface area contributed by atoms with Gasteiger partial charge >= 0.3 is 0 Å². The minimum Gasteiger partial charge on any atom is -0.492 e. The van der Waals surface area contributed by atoms with Gasteiger partial charge in [0, 0.05) is 24.3 Å². The molecule has 0 unspecified atom stereocenters. The van der Waals surface area contributed by atoms with E-state index in [0.717, 1.165) is 30.9 Å². The van der Waals surface area contributed by atoms with E-state index in [1.807, 2.05) is 47.0 Å². The number of hydrogen-bond acceptors (Lipinski definition) is 6. The zero-order valence-electron chi connectivity index (χ0n) is 16.4. The van der Waals surface area contributed by atoms with Crippen LogP contribution in [0.2, 0.25) is 0 Å². The van der Waals surface area contributed by atoms with E-state index in [1.165, 1.54) is 12.8 Å². The first kappa shape index (κ1) is 20.3. The van der Waals surface area contributed by atoms with Crippen LogP contribution in [0.15, 0.2) is 64.6 Å². The van der Waals surface area contributed by atoms with E-state index in [4.69, 9.17) is 9.15 Å². The quantitative estimate of drug-likeness (QED) is 0.386. The number of rotatable bonds is 5. The number of fused-ring (bicyclic) bond motifs is 2. The van der Waals surface area contributed by atoms with Crippen molar-refractivity contribution in [2.24, 2.45) is 5.16 Å². The van der Waals surface area contributed by atoms with Gasteiger partial charge in [0.05, 0.1) is 11.7 Å². The highest BCUT2D eigenvalue weighted by Gasteiger charge is 2.12. The molecule has 0 saturated carbocycles. The predicted molar refractivity (Wildman–Crippen MR) is 116 cm³/mol. The summed E-state index contributed by atoms with van der Waals surface area (Å²) in [4.78, 5) is 6.85. The first-order chi connectivity index (χ1) is 14.3. The first-order valence-corrected chi connectivity index (χ1v) is 9.84. The Hall–Kier alpha value is -3.03. The average molecular weight is 427 g/mol. The number of benzene rings is 1. The van der Waals surface area contributed by atoms with Crippen LogP contribution < -0.4 is 10.1 Å². The van der Waals surface area contributed by atoms with E-state index < -0.39 is 0 Å². The molecule has 1 N–H and O–H groups in total. The molecule has 30 heavy (non-hydrogen) atoms. The average Bonchev–Trinajstić information content (AvgIpc) is 3.44. The third-order valence-corrected chi connectivity index (χ3v) is 5.37. The van der Waals surface area contributed by atoms with Crippen LogP contribution in [-0.2, 0) is 0 Å². The van der Waals surface area contributed by atoms with Crippen LogP contribution in [0.3, 0.4) is 0 Å². The summed E-state index contributed by atoms with van der Waals surface area (Å²) in [6.07, 6.45) is 6.21. The minimum absolute atomic E-state index is 0. The van der Waals surface area contributed by atoms with Crippen LogP contribution >= 0.6 is 12.4 Å². The van der Waals surface area contributed by atoms with Crippen LogP contribution in [0.1, 0.15) is 12.8 Å². The lowest BCUT2D eigenvalue weighted by atomic mass is 10.2. The summed E-state index contributed by atoms with van der Waals surface area (Å²) < 4.78 is 13.9. The van der Waals surface area contributed by atoms with Gasteiger partial charge in [0.1, 0.15) is 29.0 Å². The fourth-order valence-electron chi connectivity index (χ4n) is 3.82. The molecule has 3 aromatic heterocycles. The van der Waals surface area contributed by atoms with Gasteiger partial charge in [-0.3, -0.25) is 4.90 Å². The SMILES string of the molecule is Cl.ON=c1cc(-c2cc3cccn3cn2)oc2ccc(OCCN3CCCC3)cc12. The number of ether oxygens (including phenoxy) is 1. The van der Waals surface area contributed by atoms with Gasteiger partial charge in [-0.15, -0.1) is 12.4 Å². The maximum Gasteiger partial charge on any atom is 0.155 e. The van der Waals surface area contributed by atoms with E-state index in [2.05, 4.69) is 15.0 Å². The smallest absolute Gasteiger partial charge is 0.155 e. The number of aromatic nitrogens is 2. The highest BCUT2D eigenvalue weighted by molar-refractivity contribution is 5.85. The molecule has 1 aliphatic rings. The third kappa shape index (κ3) is 3.99. The van der Waals surface area contributed by atoms with Crippen molar-refractivity contribution >= 4 is 28.9 Å². The third-order valence-electron chi connectivity index (χ3n) is 5.37. The highest BCUT2D eigenvalue weighted by Crippen LogP contribution is 2.24. The first-order valence-electron chi connectivity index (χ1n) is 9.84. The van der Waals surface area contributed by atoms with Crippen molar-refractivity contribution < 1.29 is 14.4 Å². The van der Waals surface area contributed by atoms with Crippen LogP contribution in [0.25, 0.3) is 27.9 Å². The van der Waals surface area contributed by atoms with Crippen LogP contribution in [-0.4, -0.2) is 45.7 Å². The Balaban J connectivity index is 0.00000218. The largest absolute Gasteiger partial charge is 0.492 e. The van der Waals surface area contributed by atoms with E-state index in [0.29, 0.717) is 34.4 Å². The van der Waals surface area contributed by atoms with E-state index >= 15 is 0 Å². The summed E-state index contributed by atoms with van der Waals surface area (Å²) in [6.45, 7) is 3.86. The Labute approximate surface area is 179 Å². The Kier molecular flexibility index (Phi) is 5.92. The number of halogens is 1. The molecule has 0 spiro atoms. The van der Waals surface area contributed by atoms with E-state index in [9.17, 15) is 5.21 Å². The lowest BCUT2D eigenvalue weighted by Gasteiger charge is -2.15. The van der Waals surface area contributed by atoms with Crippen LogP contribution in [0.4, 0.5) is 0 Å². The topological polar surface area (TPSA) is 75.5 Å². The Morgan fingerprint density at radius 1 is 1.13 bits per heavy atom. The summed E-state index contributed by atoms with van der Waals surface area (Å²) in [7, 11) is 0. The Bertz CT molecular complexity index is 1230. The normalized spacial score (nSPS) is 15.0. The molecule has 1 aromatic carbocycles. The van der Waals surface area contributed by atoms with Gasteiger partial charge in [0.15, 0.2) is 5.76 Å². The van der Waals surface area contributed by atoms with Gasteiger partial charge in [-0.25, -0.2) is 4.98 Å². The van der Waals surface area contributed by atoms with E-state index in [1.54, 1.807) is 12.4 Å². The molecular weight excluding hydrogens is 404 g/mol. The summed E-state index contributed by atoms with van der Waals surface area (Å²) in [6, 6.07) is 13.2. The second kappa shape index (κ2) is 8.77. The zero-order valence-corrected chi connectivity index (χ0v) is 17.2. The maximum atomic E-state index is 9.57. The Morgan fingerprint density at radius 3 is 2.83 bits per heavy atom. The second-order valence-electron chi connectivity index (χ2n) is 7.27. The van der Waals surface area contributed by atoms with Crippen molar-refractivity contribution in [1.29, 1.82) is 0 Å². The molecule has 0 aliphatic carbocycles. The van der Waals surface area contributed by atoms with Crippen molar-refractivity contribution in [1.82, 2.24) is 14.3 Å². The predicted octanol–water partition coefficient (Wildman–Crippen LogP) is 3.93. The van der Waals surface area contributed by atoms with Crippen molar-refractivity contribution in [3.63, 3.8) is 0 Å². The number of nitrogens with zero attached hydrogens (tertiary/aromatic N) is 4. The lowest BCUT2D eigenvalue weighted by Crippen LogP contribution is -2.25. The molecule has 156 valence electrons. The molecule has 1 saturated heterocycles. The summed E-state index contributed by atoms with van der Waals surface area (Å²) >= 11 is 0. The fourth-order valence-corrected chi connectivity index (χ4v) is 3.82. The summed E-state index contributed by atoms with van der Waals surface area (Å²) in [5, 5.41) is 14.1. The number of hydrogen-bond donors (Lipinski definition) is 1. The van der Waals surface area contributed by atoms with Crippen LogP contribution in [0, 0.1) is 0 Å². The molecule has 4 aromatic rings. The van der Waals surface area contributed by atoms with Crippen molar-refractivity contribution in [2.75, 3.05) is 26.2 Å². The molecule has 4 heterocycles. The van der Waals surface area contributed by atoms with Gasteiger partial charge in [0.25, 0.3) is 0 Å². The molecular formula is C22H23ClN4O3. The van der Waals surface area contributed by atoms with Gasteiger partial charge in [-0.2, -0.15) is 0 Å². The fraction of sp³-hybridized carbons (Fsp3) is 0.273. The molecule has 0 amide bonds. The molecule has 5 rings (SSSR count).